The molecule has 1 fully saturated rings. The van der Waals surface area contributed by atoms with Crippen LogP contribution in [0.3, 0.4) is 0 Å². The Morgan fingerprint density at radius 3 is 2.44 bits per heavy atom. The first-order valence-electron chi connectivity index (χ1n) is 9.67. The van der Waals surface area contributed by atoms with Gasteiger partial charge < -0.3 is 4.57 Å². The molecule has 1 aliphatic carbocycles. The highest BCUT2D eigenvalue weighted by Crippen LogP contribution is 2.35. The Labute approximate surface area is 183 Å². The van der Waals surface area contributed by atoms with Gasteiger partial charge in [0.2, 0.25) is 0 Å². The van der Waals surface area contributed by atoms with Crippen LogP contribution in [0, 0.1) is 0 Å². The number of hydrogen-bond donors (Lipinski definition) is 0. The number of pyridine rings is 2. The second-order valence-electron chi connectivity index (χ2n) is 7.65. The molecule has 0 bridgehead atoms. The second-order valence-corrected chi connectivity index (χ2v) is 12.5. The predicted molar refractivity (Wildman–Crippen MR) is 114 cm³/mol. The average molecular weight is 488 g/mol. The quantitative estimate of drug-likeness (QED) is 0.543. The zero-order valence-corrected chi connectivity index (χ0v) is 19.1. The van der Waals surface area contributed by atoms with Crippen molar-refractivity contribution in [2.24, 2.45) is 11.4 Å². The molecule has 32 heavy (non-hydrogen) atoms. The normalized spacial score (nSPS) is 16.8. The standard InChI is InChI=1S/C19H20F3N5O3S2/c1-4-32(29,30)15-7-11(26-31(3,28)12-5-6-12)9-24-17(15)18-25-13-8-16(19(20,21)22)23-10-14(13)27(18)2/h7-10,12H,4-6H2,1-3H3. The first-order valence-corrected chi connectivity index (χ1v) is 13.3. The van der Waals surface area contributed by atoms with Gasteiger partial charge in [-0.05, 0) is 25.0 Å². The molecule has 0 radical (unpaired) electrons. The number of halogens is 3. The Morgan fingerprint density at radius 2 is 1.84 bits per heavy atom. The monoisotopic (exact) mass is 487 g/mol. The lowest BCUT2D eigenvalue weighted by atomic mass is 10.3. The van der Waals surface area contributed by atoms with E-state index in [0.29, 0.717) is 0 Å². The lowest BCUT2D eigenvalue weighted by Gasteiger charge is -2.10. The first-order chi connectivity index (χ1) is 14.8. The summed E-state index contributed by atoms with van der Waals surface area (Å²) in [5.41, 5.74) is -0.665. The smallest absolute Gasteiger partial charge is 0.324 e. The molecule has 0 aromatic carbocycles. The van der Waals surface area contributed by atoms with Crippen molar-refractivity contribution >= 4 is 36.3 Å². The second kappa shape index (κ2) is 7.51. The molecule has 1 saturated carbocycles. The third-order valence-corrected chi connectivity index (χ3v) is 9.28. The van der Waals surface area contributed by atoms with Gasteiger partial charge in [-0.2, -0.15) is 17.5 Å². The van der Waals surface area contributed by atoms with E-state index in [9.17, 15) is 25.8 Å². The minimum Gasteiger partial charge on any atom is -0.324 e. The van der Waals surface area contributed by atoms with Gasteiger partial charge >= 0.3 is 6.18 Å². The van der Waals surface area contributed by atoms with Crippen LogP contribution in [-0.2, 0) is 32.8 Å². The summed E-state index contributed by atoms with van der Waals surface area (Å²) in [6.07, 6.45) is 0.835. The van der Waals surface area contributed by atoms with E-state index in [-0.39, 0.29) is 44.1 Å². The van der Waals surface area contributed by atoms with Crippen molar-refractivity contribution in [3.05, 3.63) is 30.2 Å². The number of alkyl halides is 3. The molecule has 172 valence electrons. The first kappa shape index (κ1) is 22.6. The summed E-state index contributed by atoms with van der Waals surface area (Å²) in [4.78, 5) is 11.7. The highest BCUT2D eigenvalue weighted by atomic mass is 32.2. The molecular formula is C19H20F3N5O3S2. The van der Waals surface area contributed by atoms with E-state index in [2.05, 4.69) is 19.3 Å². The molecule has 1 unspecified atom stereocenters. The zero-order chi connectivity index (χ0) is 23.5. The highest BCUT2D eigenvalue weighted by Gasteiger charge is 2.34. The van der Waals surface area contributed by atoms with Crippen molar-refractivity contribution in [3.63, 3.8) is 0 Å². The van der Waals surface area contributed by atoms with Gasteiger partial charge in [0, 0.05) is 18.6 Å². The molecule has 0 amide bonds. The zero-order valence-electron chi connectivity index (χ0n) is 17.4. The summed E-state index contributed by atoms with van der Waals surface area (Å²) >= 11 is 0. The van der Waals surface area contributed by atoms with E-state index in [1.165, 1.54) is 37.1 Å². The molecule has 0 N–H and O–H groups in total. The van der Waals surface area contributed by atoms with E-state index in [0.717, 1.165) is 25.1 Å². The van der Waals surface area contributed by atoms with Gasteiger partial charge in [-0.25, -0.2) is 27.6 Å². The third kappa shape index (κ3) is 4.10. The average Bonchev–Trinajstić information content (AvgIpc) is 3.52. The number of aryl methyl sites for hydroxylation is 1. The van der Waals surface area contributed by atoms with Gasteiger partial charge in [0.15, 0.2) is 15.7 Å². The molecule has 8 nitrogen and oxygen atoms in total. The maximum atomic E-state index is 13.0. The highest BCUT2D eigenvalue weighted by molar-refractivity contribution is 7.94. The van der Waals surface area contributed by atoms with Crippen LogP contribution in [0.2, 0.25) is 0 Å². The summed E-state index contributed by atoms with van der Waals surface area (Å²) < 4.78 is 83.1. The Kier molecular flexibility index (Phi) is 5.31. The number of aromatic nitrogens is 4. The summed E-state index contributed by atoms with van der Waals surface area (Å²) in [6.45, 7) is 1.46. The molecule has 1 atom stereocenters. The molecular weight excluding hydrogens is 467 g/mol. The van der Waals surface area contributed by atoms with Crippen LogP contribution in [0.15, 0.2) is 33.8 Å². The van der Waals surface area contributed by atoms with Gasteiger partial charge in [0.25, 0.3) is 0 Å². The summed E-state index contributed by atoms with van der Waals surface area (Å²) in [7, 11) is -4.80. The van der Waals surface area contributed by atoms with Crippen molar-refractivity contribution in [1.82, 2.24) is 19.5 Å². The maximum absolute atomic E-state index is 13.0. The van der Waals surface area contributed by atoms with Gasteiger partial charge in [0.1, 0.15) is 11.4 Å². The number of imidazole rings is 1. The van der Waals surface area contributed by atoms with Crippen LogP contribution in [-0.4, -0.2) is 49.4 Å². The molecule has 3 aromatic heterocycles. The fourth-order valence-corrected chi connectivity index (χ4v) is 6.02. The van der Waals surface area contributed by atoms with Crippen LogP contribution in [0.4, 0.5) is 18.9 Å². The van der Waals surface area contributed by atoms with Crippen molar-refractivity contribution in [3.8, 4) is 11.5 Å². The molecule has 0 spiro atoms. The third-order valence-electron chi connectivity index (χ3n) is 5.25. The molecule has 0 aliphatic heterocycles. The Hall–Kier alpha value is -2.54. The molecule has 4 rings (SSSR count). The van der Waals surface area contributed by atoms with E-state index in [4.69, 9.17) is 0 Å². The van der Waals surface area contributed by atoms with E-state index >= 15 is 0 Å². The largest absolute Gasteiger partial charge is 0.433 e. The summed E-state index contributed by atoms with van der Waals surface area (Å²) in [5, 5.41) is -0.0245. The Morgan fingerprint density at radius 1 is 1.16 bits per heavy atom. The van der Waals surface area contributed by atoms with Crippen LogP contribution < -0.4 is 0 Å². The van der Waals surface area contributed by atoms with E-state index in [1.54, 1.807) is 0 Å². The van der Waals surface area contributed by atoms with Crippen molar-refractivity contribution in [1.29, 1.82) is 0 Å². The van der Waals surface area contributed by atoms with Crippen molar-refractivity contribution < 1.29 is 25.8 Å². The molecule has 3 aromatic rings. The van der Waals surface area contributed by atoms with Crippen LogP contribution in [0.1, 0.15) is 25.5 Å². The van der Waals surface area contributed by atoms with Crippen LogP contribution >= 0.6 is 0 Å². The topological polar surface area (TPSA) is 107 Å². The van der Waals surface area contributed by atoms with Crippen molar-refractivity contribution in [2.45, 2.75) is 36.1 Å². The molecule has 1 aliphatic rings. The number of fused-ring (bicyclic) bond motifs is 1. The number of rotatable bonds is 5. The predicted octanol–water partition coefficient (Wildman–Crippen LogP) is 3.73. The van der Waals surface area contributed by atoms with Crippen LogP contribution in [0.25, 0.3) is 22.6 Å². The van der Waals surface area contributed by atoms with Crippen molar-refractivity contribution in [2.75, 3.05) is 12.0 Å². The van der Waals surface area contributed by atoms with Gasteiger partial charge in [0.05, 0.1) is 49.5 Å². The minimum atomic E-state index is -4.64. The minimum absolute atomic E-state index is 0.00514. The lowest BCUT2D eigenvalue weighted by molar-refractivity contribution is -0.141. The molecule has 3 heterocycles. The summed E-state index contributed by atoms with van der Waals surface area (Å²) in [6, 6.07) is 2.10. The fraction of sp³-hybridized carbons (Fsp3) is 0.421. The summed E-state index contributed by atoms with van der Waals surface area (Å²) in [5.74, 6) is -0.168. The number of sulfone groups is 1. The number of nitrogens with zero attached hydrogens (tertiary/aromatic N) is 5. The Bertz CT molecular complexity index is 1450. The lowest BCUT2D eigenvalue weighted by Crippen LogP contribution is -2.09. The Balaban J connectivity index is 1.92. The van der Waals surface area contributed by atoms with Gasteiger partial charge in [-0.15, -0.1) is 0 Å². The number of hydrogen-bond acceptors (Lipinski definition) is 7. The van der Waals surface area contributed by atoms with E-state index in [1.807, 2.05) is 0 Å². The van der Waals surface area contributed by atoms with E-state index < -0.39 is 31.4 Å². The maximum Gasteiger partial charge on any atom is 0.433 e. The SMILES string of the molecule is CCS(=O)(=O)c1cc(N=S(C)(=O)C2CC2)cnc1-c1nc2cc(C(F)(F)F)ncc2n1C. The van der Waals surface area contributed by atoms with Crippen LogP contribution in [0.5, 0.6) is 0 Å². The van der Waals surface area contributed by atoms with Gasteiger partial charge in [-0.3, -0.25) is 0 Å². The van der Waals surface area contributed by atoms with Gasteiger partial charge in [-0.1, -0.05) is 6.92 Å². The molecule has 0 saturated heterocycles. The fourth-order valence-electron chi connectivity index (χ4n) is 3.29. The molecule has 13 heteroatoms.